The van der Waals surface area contributed by atoms with Gasteiger partial charge in [0.2, 0.25) is 0 Å². The standard InChI is InChI=1S/C9H11Cl2N.HI/c1-4-7(10)5(2)9(12)6(3)8(4)11;/h12H2,1-3H3;1H. The van der Waals surface area contributed by atoms with Crippen LogP contribution in [0, 0.1) is 20.8 Å². The number of hydrogen-bond donors (Lipinski definition) is 1. The quantitative estimate of drug-likeness (QED) is 0.638. The first-order valence-electron chi connectivity index (χ1n) is 3.73. The van der Waals surface area contributed by atoms with Gasteiger partial charge in [0, 0.05) is 11.1 Å². The first kappa shape index (κ1) is 13.5. The van der Waals surface area contributed by atoms with Gasteiger partial charge in [0.25, 0.3) is 0 Å². The maximum Gasteiger partial charge on any atom is 0.136 e. The Morgan fingerprint density at radius 1 is 0.846 bits per heavy atom. The fourth-order valence-corrected chi connectivity index (χ4v) is 1.67. The zero-order valence-corrected chi connectivity index (χ0v) is 11.5. The molecule has 0 unspecified atom stereocenters. The van der Waals surface area contributed by atoms with Crippen LogP contribution < -0.4 is 29.7 Å². The highest BCUT2D eigenvalue weighted by atomic mass is 127. The topological polar surface area (TPSA) is 27.6 Å². The summed E-state index contributed by atoms with van der Waals surface area (Å²) in [7, 11) is 0. The Labute approximate surface area is 106 Å². The Kier molecular flexibility index (Phi) is 5.00. The number of quaternary nitrogens is 1. The predicted octanol–water partition coefficient (Wildman–Crippen LogP) is -0.204. The van der Waals surface area contributed by atoms with Crippen molar-refractivity contribution < 1.29 is 29.7 Å². The van der Waals surface area contributed by atoms with Crippen molar-refractivity contribution in [1.29, 1.82) is 0 Å². The molecule has 74 valence electrons. The molecule has 0 heterocycles. The molecule has 1 nitrogen and oxygen atoms in total. The zero-order valence-electron chi connectivity index (χ0n) is 7.84. The summed E-state index contributed by atoms with van der Waals surface area (Å²) in [5.41, 5.74) is 7.85. The monoisotopic (exact) mass is 331 g/mol. The third-order valence-corrected chi connectivity index (χ3v) is 3.36. The minimum Gasteiger partial charge on any atom is -1.00 e. The number of halogens is 3. The van der Waals surface area contributed by atoms with Crippen molar-refractivity contribution in [2.45, 2.75) is 20.8 Å². The molecule has 0 aliphatic heterocycles. The van der Waals surface area contributed by atoms with E-state index < -0.39 is 0 Å². The van der Waals surface area contributed by atoms with Gasteiger partial charge in [0.1, 0.15) is 5.69 Å². The van der Waals surface area contributed by atoms with Gasteiger partial charge >= 0.3 is 0 Å². The highest BCUT2D eigenvalue weighted by Crippen LogP contribution is 2.34. The average Bonchev–Trinajstić information content (AvgIpc) is 2.08. The SMILES string of the molecule is Cc1c([NH3+])c(C)c(Cl)c(C)c1Cl.[I-]. The van der Waals surface area contributed by atoms with Gasteiger partial charge in [-0.3, -0.25) is 0 Å². The van der Waals surface area contributed by atoms with Crippen LogP contribution in [0.2, 0.25) is 10.0 Å². The predicted molar refractivity (Wildman–Crippen MR) is 53.2 cm³/mol. The molecule has 3 N–H and O–H groups in total. The molecule has 0 saturated carbocycles. The highest BCUT2D eigenvalue weighted by molar-refractivity contribution is 6.37. The molecule has 13 heavy (non-hydrogen) atoms. The van der Waals surface area contributed by atoms with Gasteiger partial charge in [-0.2, -0.15) is 0 Å². The van der Waals surface area contributed by atoms with Crippen LogP contribution in [0.1, 0.15) is 16.7 Å². The van der Waals surface area contributed by atoms with Crippen LogP contribution >= 0.6 is 23.2 Å². The van der Waals surface area contributed by atoms with Gasteiger partial charge < -0.3 is 29.7 Å². The molecule has 1 rings (SSSR count). The van der Waals surface area contributed by atoms with E-state index in [9.17, 15) is 0 Å². The molecule has 0 radical (unpaired) electrons. The molecule has 1 aromatic rings. The summed E-state index contributed by atoms with van der Waals surface area (Å²) in [5, 5.41) is 1.46. The third kappa shape index (κ3) is 2.29. The van der Waals surface area contributed by atoms with Gasteiger partial charge in [-0.15, -0.1) is 0 Å². The van der Waals surface area contributed by atoms with E-state index >= 15 is 0 Å². The molecule has 0 aliphatic rings. The summed E-state index contributed by atoms with van der Waals surface area (Å²) in [6, 6.07) is 0. The van der Waals surface area contributed by atoms with Crippen molar-refractivity contribution >= 4 is 28.9 Å². The maximum absolute atomic E-state index is 6.04. The molecule has 0 atom stereocenters. The van der Waals surface area contributed by atoms with E-state index in [1.54, 1.807) is 0 Å². The molecule has 0 fully saturated rings. The second-order valence-electron chi connectivity index (χ2n) is 2.98. The van der Waals surface area contributed by atoms with Crippen LogP contribution in [0.25, 0.3) is 0 Å². The lowest BCUT2D eigenvalue weighted by atomic mass is 10.1. The summed E-state index contributed by atoms with van der Waals surface area (Å²) in [6.45, 7) is 5.84. The van der Waals surface area contributed by atoms with Crippen LogP contribution in [0.4, 0.5) is 5.69 Å². The summed E-state index contributed by atoms with van der Waals surface area (Å²) in [6.07, 6.45) is 0. The molecule has 0 aromatic heterocycles. The van der Waals surface area contributed by atoms with Crippen LogP contribution in [-0.4, -0.2) is 0 Å². The molecular weight excluding hydrogens is 320 g/mol. The van der Waals surface area contributed by atoms with Crippen molar-refractivity contribution in [2.75, 3.05) is 0 Å². The summed E-state index contributed by atoms with van der Waals surface area (Å²) in [5.74, 6) is 0. The average molecular weight is 332 g/mol. The Morgan fingerprint density at radius 2 is 1.15 bits per heavy atom. The lowest BCUT2D eigenvalue weighted by molar-refractivity contribution is -0.256. The van der Waals surface area contributed by atoms with Crippen molar-refractivity contribution in [1.82, 2.24) is 0 Å². The van der Waals surface area contributed by atoms with Crippen molar-refractivity contribution in [3.8, 4) is 0 Å². The molecule has 4 heteroatoms. The molecule has 0 amide bonds. The number of benzene rings is 1. The Morgan fingerprint density at radius 3 is 1.46 bits per heavy atom. The molecule has 0 spiro atoms. The summed E-state index contributed by atoms with van der Waals surface area (Å²) < 4.78 is 0. The fourth-order valence-electron chi connectivity index (χ4n) is 1.21. The lowest BCUT2D eigenvalue weighted by Crippen LogP contribution is -3.00. The third-order valence-electron chi connectivity index (χ3n) is 2.22. The van der Waals surface area contributed by atoms with Gasteiger partial charge in [-0.05, 0) is 26.3 Å². The van der Waals surface area contributed by atoms with E-state index in [1.807, 2.05) is 20.8 Å². The van der Waals surface area contributed by atoms with E-state index in [-0.39, 0.29) is 24.0 Å². The fraction of sp³-hybridized carbons (Fsp3) is 0.333. The Hall–Kier alpha value is 0.490. The molecule has 1 aromatic carbocycles. The molecule has 0 saturated heterocycles. The minimum atomic E-state index is 0. The van der Waals surface area contributed by atoms with Gasteiger partial charge in [0.05, 0.1) is 10.0 Å². The van der Waals surface area contributed by atoms with Crippen LogP contribution in [0.5, 0.6) is 0 Å². The van der Waals surface area contributed by atoms with Crippen LogP contribution in [-0.2, 0) is 0 Å². The van der Waals surface area contributed by atoms with E-state index in [2.05, 4.69) is 5.73 Å². The summed E-state index contributed by atoms with van der Waals surface area (Å²) >= 11 is 12.1. The highest BCUT2D eigenvalue weighted by Gasteiger charge is 2.14. The smallest absolute Gasteiger partial charge is 0.136 e. The van der Waals surface area contributed by atoms with E-state index in [1.165, 1.54) is 0 Å². The van der Waals surface area contributed by atoms with Crippen LogP contribution in [0.15, 0.2) is 0 Å². The lowest BCUT2D eigenvalue weighted by Gasteiger charge is -2.09. The largest absolute Gasteiger partial charge is 1.00 e. The summed E-state index contributed by atoms with van der Waals surface area (Å²) in [4.78, 5) is 0. The van der Waals surface area contributed by atoms with E-state index in [0.29, 0.717) is 0 Å². The zero-order chi connectivity index (χ0) is 9.46. The molecule has 0 aliphatic carbocycles. The number of rotatable bonds is 0. The first-order valence-corrected chi connectivity index (χ1v) is 4.49. The minimum absolute atomic E-state index is 0. The normalized spacial score (nSPS) is 9.69. The van der Waals surface area contributed by atoms with E-state index in [4.69, 9.17) is 23.2 Å². The second-order valence-corrected chi connectivity index (χ2v) is 3.74. The first-order chi connectivity index (χ1) is 5.46. The van der Waals surface area contributed by atoms with E-state index in [0.717, 1.165) is 32.4 Å². The van der Waals surface area contributed by atoms with Crippen molar-refractivity contribution in [2.24, 2.45) is 0 Å². The van der Waals surface area contributed by atoms with Crippen molar-refractivity contribution in [3.63, 3.8) is 0 Å². The van der Waals surface area contributed by atoms with Crippen LogP contribution in [0.3, 0.4) is 0 Å². The molecule has 0 bridgehead atoms. The Balaban J connectivity index is 0.00000144. The van der Waals surface area contributed by atoms with Gasteiger partial charge in [0.15, 0.2) is 0 Å². The van der Waals surface area contributed by atoms with Gasteiger partial charge in [-0.1, -0.05) is 23.2 Å². The van der Waals surface area contributed by atoms with Crippen molar-refractivity contribution in [3.05, 3.63) is 26.7 Å². The number of hydrogen-bond acceptors (Lipinski definition) is 0. The molecular formula is C9H12Cl2IN. The maximum atomic E-state index is 6.04. The Bertz CT molecular complexity index is 232. The second kappa shape index (κ2) is 4.82. The van der Waals surface area contributed by atoms with Gasteiger partial charge in [-0.25, -0.2) is 0 Å².